The summed E-state index contributed by atoms with van der Waals surface area (Å²) in [5.74, 6) is -1.50. The molecule has 1 atom stereocenters. The molecule has 18 heavy (non-hydrogen) atoms. The Bertz CT molecular complexity index is 270. The summed E-state index contributed by atoms with van der Waals surface area (Å²) in [4.78, 5) is 23.9. The third-order valence-corrected chi connectivity index (χ3v) is 2.33. The van der Waals surface area contributed by atoms with Crippen LogP contribution < -0.4 is 5.73 Å². The number of aliphatic hydroxyl groups excluding tert-OH is 1. The number of amides is 1. The zero-order valence-electron chi connectivity index (χ0n) is 10.8. The van der Waals surface area contributed by atoms with Crippen molar-refractivity contribution in [2.24, 2.45) is 5.73 Å². The quantitative estimate of drug-likeness (QED) is 0.461. The maximum Gasteiger partial charge on any atom is 0.305 e. The first-order valence-corrected chi connectivity index (χ1v) is 5.86. The van der Waals surface area contributed by atoms with E-state index >= 15 is 0 Å². The van der Waals surface area contributed by atoms with Crippen molar-refractivity contribution >= 4 is 11.9 Å². The second kappa shape index (κ2) is 8.84. The van der Waals surface area contributed by atoms with Crippen LogP contribution in [0.5, 0.6) is 0 Å². The largest absolute Gasteiger partial charge is 0.481 e. The van der Waals surface area contributed by atoms with E-state index in [0.29, 0.717) is 6.54 Å². The Labute approximate surface area is 107 Å². The number of hydrogen-bond donors (Lipinski definition) is 3. The average molecular weight is 262 g/mol. The van der Waals surface area contributed by atoms with Gasteiger partial charge in [-0.05, 0) is 13.8 Å². The van der Waals surface area contributed by atoms with Crippen molar-refractivity contribution in [3.05, 3.63) is 0 Å². The van der Waals surface area contributed by atoms with Crippen molar-refractivity contribution in [3.8, 4) is 0 Å². The fourth-order valence-electron chi connectivity index (χ4n) is 1.44. The Morgan fingerprint density at radius 3 is 2.39 bits per heavy atom. The number of carboxylic acid groups (broad SMARTS) is 1. The van der Waals surface area contributed by atoms with Crippen LogP contribution in [0.1, 0.15) is 20.3 Å². The molecule has 0 aromatic heterocycles. The Morgan fingerprint density at radius 2 is 1.94 bits per heavy atom. The lowest BCUT2D eigenvalue weighted by atomic mass is 10.1. The topological polar surface area (TPSA) is 113 Å². The van der Waals surface area contributed by atoms with Gasteiger partial charge in [-0.15, -0.1) is 0 Å². The van der Waals surface area contributed by atoms with Gasteiger partial charge in [0.25, 0.3) is 0 Å². The molecule has 0 radical (unpaired) electrons. The summed E-state index contributed by atoms with van der Waals surface area (Å²) in [5, 5.41) is 17.1. The standard InChI is InChI=1S/C11H22N2O5/c1-8(2)13(3-5-18-6-4-14)11(17)9(12)7-10(15)16/h8-9,14H,3-7,12H2,1-2H3,(H,15,16). The fourth-order valence-corrected chi connectivity index (χ4v) is 1.44. The van der Waals surface area contributed by atoms with Crippen LogP contribution in [0.4, 0.5) is 0 Å². The number of rotatable bonds is 9. The van der Waals surface area contributed by atoms with Gasteiger partial charge in [-0.1, -0.05) is 0 Å². The molecule has 7 nitrogen and oxygen atoms in total. The number of nitrogens with zero attached hydrogens (tertiary/aromatic N) is 1. The van der Waals surface area contributed by atoms with Gasteiger partial charge in [0.05, 0.1) is 32.3 Å². The van der Waals surface area contributed by atoms with Gasteiger partial charge in [0.1, 0.15) is 0 Å². The molecule has 1 unspecified atom stereocenters. The molecule has 0 heterocycles. The second-order valence-corrected chi connectivity index (χ2v) is 4.17. The van der Waals surface area contributed by atoms with Crippen molar-refractivity contribution in [1.82, 2.24) is 4.90 Å². The molecule has 0 aliphatic rings. The summed E-state index contributed by atoms with van der Waals surface area (Å²) in [7, 11) is 0. The fraction of sp³-hybridized carbons (Fsp3) is 0.818. The molecule has 7 heteroatoms. The zero-order valence-corrected chi connectivity index (χ0v) is 10.8. The van der Waals surface area contributed by atoms with E-state index in [-0.39, 0.29) is 32.3 Å². The first kappa shape index (κ1) is 16.8. The number of carbonyl (C=O) groups is 2. The number of hydrogen-bond acceptors (Lipinski definition) is 5. The molecule has 0 aromatic rings. The highest BCUT2D eigenvalue weighted by atomic mass is 16.5. The van der Waals surface area contributed by atoms with E-state index in [9.17, 15) is 9.59 Å². The summed E-state index contributed by atoms with van der Waals surface area (Å²) >= 11 is 0. The smallest absolute Gasteiger partial charge is 0.305 e. The number of aliphatic carboxylic acids is 1. The van der Waals surface area contributed by atoms with Crippen molar-refractivity contribution < 1.29 is 24.5 Å². The highest BCUT2D eigenvalue weighted by Gasteiger charge is 2.24. The van der Waals surface area contributed by atoms with Crippen LogP contribution in [0.3, 0.4) is 0 Å². The van der Waals surface area contributed by atoms with Gasteiger partial charge in [0.15, 0.2) is 0 Å². The van der Waals surface area contributed by atoms with E-state index < -0.39 is 17.9 Å². The summed E-state index contributed by atoms with van der Waals surface area (Å²) in [6.45, 7) is 4.37. The Balaban J connectivity index is 4.31. The lowest BCUT2D eigenvalue weighted by Gasteiger charge is -2.28. The van der Waals surface area contributed by atoms with Gasteiger partial charge < -0.3 is 25.6 Å². The van der Waals surface area contributed by atoms with Gasteiger partial charge in [0, 0.05) is 12.6 Å². The minimum Gasteiger partial charge on any atom is -0.481 e. The molecule has 0 aliphatic heterocycles. The lowest BCUT2D eigenvalue weighted by molar-refractivity contribution is -0.143. The van der Waals surface area contributed by atoms with E-state index in [1.165, 1.54) is 4.90 Å². The van der Waals surface area contributed by atoms with Crippen molar-refractivity contribution in [3.63, 3.8) is 0 Å². The molecule has 0 spiro atoms. The third-order valence-electron chi connectivity index (χ3n) is 2.33. The Kier molecular flexibility index (Phi) is 8.27. The maximum absolute atomic E-state index is 11.9. The molecule has 0 rings (SSSR count). The van der Waals surface area contributed by atoms with Crippen LogP contribution in [0, 0.1) is 0 Å². The van der Waals surface area contributed by atoms with E-state index in [2.05, 4.69) is 0 Å². The van der Waals surface area contributed by atoms with Crippen LogP contribution in [-0.4, -0.2) is 65.4 Å². The number of ether oxygens (including phenoxy) is 1. The maximum atomic E-state index is 11.9. The molecule has 4 N–H and O–H groups in total. The summed E-state index contributed by atoms with van der Waals surface area (Å²) in [6.07, 6.45) is -0.389. The summed E-state index contributed by atoms with van der Waals surface area (Å²) in [6, 6.07) is -1.13. The molecule has 106 valence electrons. The molecule has 1 amide bonds. The van der Waals surface area contributed by atoms with Crippen LogP contribution in [-0.2, 0) is 14.3 Å². The molecular weight excluding hydrogens is 240 g/mol. The molecule has 0 saturated carbocycles. The SMILES string of the molecule is CC(C)N(CCOCCO)C(=O)C(N)CC(=O)O. The van der Waals surface area contributed by atoms with Gasteiger partial charge >= 0.3 is 5.97 Å². The molecule has 0 aliphatic carbocycles. The highest BCUT2D eigenvalue weighted by Crippen LogP contribution is 2.03. The van der Waals surface area contributed by atoms with E-state index in [4.69, 9.17) is 20.7 Å². The van der Waals surface area contributed by atoms with Crippen LogP contribution in [0.15, 0.2) is 0 Å². The lowest BCUT2D eigenvalue weighted by Crippen LogP contribution is -2.49. The molecule has 0 aromatic carbocycles. The summed E-state index contributed by atoms with van der Waals surface area (Å²) < 4.78 is 5.07. The van der Waals surface area contributed by atoms with Crippen molar-refractivity contribution in [2.45, 2.75) is 32.4 Å². The van der Waals surface area contributed by atoms with Gasteiger partial charge in [-0.3, -0.25) is 9.59 Å². The number of aliphatic hydroxyl groups is 1. The average Bonchev–Trinajstić information content (AvgIpc) is 2.26. The normalized spacial score (nSPS) is 12.5. The third kappa shape index (κ3) is 6.53. The second-order valence-electron chi connectivity index (χ2n) is 4.17. The van der Waals surface area contributed by atoms with E-state index in [1.807, 2.05) is 13.8 Å². The first-order chi connectivity index (χ1) is 8.40. The summed E-state index contributed by atoms with van der Waals surface area (Å²) in [5.41, 5.74) is 5.53. The Hall–Kier alpha value is -1.18. The number of carbonyl (C=O) groups excluding carboxylic acids is 1. The van der Waals surface area contributed by atoms with Crippen LogP contribution in [0.2, 0.25) is 0 Å². The zero-order chi connectivity index (χ0) is 14.1. The predicted octanol–water partition coefficient (Wildman–Crippen LogP) is -0.966. The van der Waals surface area contributed by atoms with Gasteiger partial charge in [0.2, 0.25) is 5.91 Å². The first-order valence-electron chi connectivity index (χ1n) is 5.86. The van der Waals surface area contributed by atoms with Crippen LogP contribution >= 0.6 is 0 Å². The number of nitrogens with two attached hydrogens (primary N) is 1. The number of carboxylic acids is 1. The van der Waals surface area contributed by atoms with Crippen LogP contribution in [0.25, 0.3) is 0 Å². The molecule has 0 bridgehead atoms. The monoisotopic (exact) mass is 262 g/mol. The van der Waals surface area contributed by atoms with Gasteiger partial charge in [-0.2, -0.15) is 0 Å². The van der Waals surface area contributed by atoms with Crippen molar-refractivity contribution in [2.75, 3.05) is 26.4 Å². The van der Waals surface area contributed by atoms with Gasteiger partial charge in [-0.25, -0.2) is 0 Å². The Morgan fingerprint density at radius 1 is 1.33 bits per heavy atom. The molecule has 0 fully saturated rings. The highest BCUT2D eigenvalue weighted by molar-refractivity contribution is 5.86. The van der Waals surface area contributed by atoms with E-state index in [0.717, 1.165) is 0 Å². The molecule has 0 saturated heterocycles. The minimum absolute atomic E-state index is 0.0752. The predicted molar refractivity (Wildman–Crippen MR) is 65.0 cm³/mol. The van der Waals surface area contributed by atoms with E-state index in [1.54, 1.807) is 0 Å². The molecular formula is C11H22N2O5. The van der Waals surface area contributed by atoms with Crippen molar-refractivity contribution in [1.29, 1.82) is 0 Å². The minimum atomic E-state index is -1.10.